The van der Waals surface area contributed by atoms with Gasteiger partial charge in [-0.15, -0.1) is 0 Å². The highest BCUT2D eigenvalue weighted by molar-refractivity contribution is 6.30. The van der Waals surface area contributed by atoms with Gasteiger partial charge in [-0.1, -0.05) is 23.7 Å². The van der Waals surface area contributed by atoms with E-state index in [9.17, 15) is 9.59 Å². The summed E-state index contributed by atoms with van der Waals surface area (Å²) in [5.74, 6) is 1.32. The molecule has 1 atom stereocenters. The molecular weight excluding hydrogens is 506 g/mol. The molecule has 2 aromatic carbocycles. The second-order valence-corrected chi connectivity index (χ2v) is 9.80. The molecule has 38 heavy (non-hydrogen) atoms. The highest BCUT2D eigenvalue weighted by Crippen LogP contribution is 2.29. The SMILES string of the molecule is CN(C)C/C=C/C(=O)N1CC[C@@H](n2c(=O)n(-c3ccc(Oc4cccc(Cl)c4)cc3)c3c(N)ncnc32)C1. The van der Waals surface area contributed by atoms with Crippen molar-refractivity contribution in [2.24, 2.45) is 0 Å². The number of nitrogen functional groups attached to an aromatic ring is 1. The van der Waals surface area contributed by atoms with Gasteiger partial charge in [-0.05, 0) is 63.0 Å². The summed E-state index contributed by atoms with van der Waals surface area (Å²) in [6, 6.07) is 14.0. The van der Waals surface area contributed by atoms with Crippen molar-refractivity contribution in [1.29, 1.82) is 0 Å². The van der Waals surface area contributed by atoms with Gasteiger partial charge in [0.15, 0.2) is 11.5 Å². The summed E-state index contributed by atoms with van der Waals surface area (Å²) in [6.07, 6.45) is 5.40. The average Bonchev–Trinajstić information content (AvgIpc) is 3.47. The number of hydrogen-bond acceptors (Lipinski definition) is 7. The Morgan fingerprint density at radius 1 is 1.18 bits per heavy atom. The number of anilines is 1. The Morgan fingerprint density at radius 2 is 1.97 bits per heavy atom. The Balaban J connectivity index is 1.45. The first kappa shape index (κ1) is 25.5. The fourth-order valence-electron chi connectivity index (χ4n) is 4.59. The predicted octanol–water partition coefficient (Wildman–Crippen LogP) is 3.50. The largest absolute Gasteiger partial charge is 0.457 e. The van der Waals surface area contributed by atoms with E-state index in [0.29, 0.717) is 59.4 Å². The minimum absolute atomic E-state index is 0.0735. The van der Waals surface area contributed by atoms with E-state index in [0.717, 1.165) is 0 Å². The van der Waals surface area contributed by atoms with Crippen molar-refractivity contribution in [3.8, 4) is 17.2 Å². The zero-order chi connectivity index (χ0) is 26.8. The molecule has 4 aromatic rings. The molecule has 196 valence electrons. The van der Waals surface area contributed by atoms with E-state index in [1.165, 1.54) is 10.9 Å². The summed E-state index contributed by atoms with van der Waals surface area (Å²) >= 11 is 6.05. The molecule has 2 N–H and O–H groups in total. The number of amides is 1. The third kappa shape index (κ3) is 5.13. The fraction of sp³-hybridized carbons (Fsp3) is 0.259. The molecule has 2 aromatic heterocycles. The molecule has 3 heterocycles. The van der Waals surface area contributed by atoms with Crippen LogP contribution < -0.4 is 16.2 Å². The highest BCUT2D eigenvalue weighted by Gasteiger charge is 2.31. The van der Waals surface area contributed by atoms with Gasteiger partial charge >= 0.3 is 5.69 Å². The number of carbonyl (C=O) groups is 1. The van der Waals surface area contributed by atoms with E-state index < -0.39 is 0 Å². The number of nitrogens with zero attached hydrogens (tertiary/aromatic N) is 6. The fourth-order valence-corrected chi connectivity index (χ4v) is 4.77. The Hall–Kier alpha value is -4.15. The second kappa shape index (κ2) is 10.7. The van der Waals surface area contributed by atoms with Crippen LogP contribution in [0.2, 0.25) is 5.02 Å². The Morgan fingerprint density at radius 3 is 2.71 bits per heavy atom. The average molecular weight is 534 g/mol. The number of nitrogens with two attached hydrogens (primary N) is 1. The highest BCUT2D eigenvalue weighted by atomic mass is 35.5. The smallest absolute Gasteiger partial charge is 0.335 e. The minimum Gasteiger partial charge on any atom is -0.457 e. The number of halogens is 1. The van der Waals surface area contributed by atoms with E-state index in [2.05, 4.69) is 9.97 Å². The molecule has 0 bridgehead atoms. The van der Waals surface area contributed by atoms with Crippen LogP contribution in [-0.4, -0.2) is 68.5 Å². The minimum atomic E-state index is -0.293. The third-order valence-corrected chi connectivity index (χ3v) is 6.61. The molecule has 0 saturated carbocycles. The summed E-state index contributed by atoms with van der Waals surface area (Å²) in [6.45, 7) is 1.63. The topological polar surface area (TPSA) is 112 Å². The van der Waals surface area contributed by atoms with Gasteiger partial charge in [0.25, 0.3) is 0 Å². The summed E-state index contributed by atoms with van der Waals surface area (Å²) in [7, 11) is 3.88. The van der Waals surface area contributed by atoms with Crippen molar-refractivity contribution in [3.05, 3.63) is 82.5 Å². The molecule has 0 aliphatic carbocycles. The number of aromatic nitrogens is 4. The standard InChI is InChI=1S/C27H28ClN7O3/c1-32(2)13-4-7-23(36)33-14-12-20(16-33)35-26-24(25(29)30-17-31-26)34(27(35)37)19-8-10-21(11-9-19)38-22-6-3-5-18(28)15-22/h3-11,15,17,20H,12-14,16H2,1-2H3,(H2,29,30,31)/b7-4+/t20-/m1/s1. The van der Waals surface area contributed by atoms with Crippen molar-refractivity contribution in [2.45, 2.75) is 12.5 Å². The first-order valence-corrected chi connectivity index (χ1v) is 12.6. The van der Waals surface area contributed by atoms with Gasteiger partial charge in [-0.3, -0.25) is 13.9 Å². The predicted molar refractivity (Wildman–Crippen MR) is 147 cm³/mol. The van der Waals surface area contributed by atoms with Crippen LogP contribution in [0, 0.1) is 0 Å². The normalized spacial score (nSPS) is 15.7. The summed E-state index contributed by atoms with van der Waals surface area (Å²) in [5, 5.41) is 0.575. The van der Waals surface area contributed by atoms with E-state index in [1.807, 2.05) is 31.1 Å². The van der Waals surface area contributed by atoms with Gasteiger partial charge in [0.1, 0.15) is 23.3 Å². The molecule has 11 heteroatoms. The van der Waals surface area contributed by atoms with Crippen LogP contribution in [0.3, 0.4) is 0 Å². The number of hydrogen-bond donors (Lipinski definition) is 1. The third-order valence-electron chi connectivity index (χ3n) is 6.38. The molecular formula is C27H28ClN7O3. The zero-order valence-electron chi connectivity index (χ0n) is 21.1. The van der Waals surface area contributed by atoms with E-state index in [1.54, 1.807) is 58.0 Å². The van der Waals surface area contributed by atoms with Gasteiger partial charge in [0, 0.05) is 30.7 Å². The van der Waals surface area contributed by atoms with Gasteiger partial charge in [0.05, 0.1) is 11.7 Å². The number of benzene rings is 2. The number of ether oxygens (including phenoxy) is 1. The summed E-state index contributed by atoms with van der Waals surface area (Å²) in [4.78, 5) is 38.7. The first-order valence-electron chi connectivity index (χ1n) is 12.2. The van der Waals surface area contributed by atoms with E-state index in [-0.39, 0.29) is 23.5 Å². The number of carbonyl (C=O) groups excluding carboxylic acids is 1. The molecule has 10 nitrogen and oxygen atoms in total. The summed E-state index contributed by atoms with van der Waals surface area (Å²) < 4.78 is 9.02. The van der Waals surface area contributed by atoms with Crippen molar-refractivity contribution >= 4 is 34.5 Å². The van der Waals surface area contributed by atoms with Crippen LogP contribution in [0.25, 0.3) is 16.9 Å². The van der Waals surface area contributed by atoms with Gasteiger partial charge in [-0.2, -0.15) is 0 Å². The lowest BCUT2D eigenvalue weighted by molar-refractivity contribution is -0.125. The van der Waals surface area contributed by atoms with E-state index >= 15 is 0 Å². The number of imidazole rings is 1. The van der Waals surface area contributed by atoms with Gasteiger partial charge in [-0.25, -0.2) is 14.8 Å². The molecule has 0 unspecified atom stereocenters. The van der Waals surface area contributed by atoms with Crippen molar-refractivity contribution in [3.63, 3.8) is 0 Å². The van der Waals surface area contributed by atoms with Crippen LogP contribution in [0.1, 0.15) is 12.5 Å². The Kier molecular flexibility index (Phi) is 7.17. The molecule has 1 aliphatic heterocycles. The maximum atomic E-state index is 13.8. The molecule has 5 rings (SSSR count). The summed E-state index contributed by atoms with van der Waals surface area (Å²) in [5.41, 5.74) is 7.40. The van der Waals surface area contributed by atoms with Crippen molar-refractivity contribution in [2.75, 3.05) is 39.5 Å². The number of likely N-dealkylation sites (tertiary alicyclic amines) is 1. The van der Waals surface area contributed by atoms with Crippen molar-refractivity contribution < 1.29 is 9.53 Å². The lowest BCUT2D eigenvalue weighted by Crippen LogP contribution is -2.31. The monoisotopic (exact) mass is 533 g/mol. The molecule has 1 aliphatic rings. The Labute approximate surface area is 224 Å². The van der Waals surface area contributed by atoms with Crippen LogP contribution in [0.5, 0.6) is 11.5 Å². The van der Waals surface area contributed by atoms with Crippen LogP contribution in [0.4, 0.5) is 5.82 Å². The van der Waals surface area contributed by atoms with Crippen molar-refractivity contribution in [1.82, 2.24) is 28.9 Å². The first-order chi connectivity index (χ1) is 18.3. The van der Waals surface area contributed by atoms with E-state index in [4.69, 9.17) is 22.1 Å². The number of rotatable bonds is 7. The van der Waals surface area contributed by atoms with Crippen LogP contribution >= 0.6 is 11.6 Å². The number of likely N-dealkylation sites (N-methyl/N-ethyl adjacent to an activating group) is 1. The quantitative estimate of drug-likeness (QED) is 0.362. The second-order valence-electron chi connectivity index (χ2n) is 9.36. The molecule has 1 amide bonds. The molecule has 0 radical (unpaired) electrons. The van der Waals surface area contributed by atoms with Gasteiger partial charge in [0.2, 0.25) is 5.91 Å². The van der Waals surface area contributed by atoms with Crippen LogP contribution in [-0.2, 0) is 4.79 Å². The molecule has 1 fully saturated rings. The molecule has 1 saturated heterocycles. The maximum absolute atomic E-state index is 13.8. The Bertz CT molecular complexity index is 1560. The zero-order valence-corrected chi connectivity index (χ0v) is 21.9. The number of fused-ring (bicyclic) bond motifs is 1. The maximum Gasteiger partial charge on any atom is 0.335 e. The lowest BCUT2D eigenvalue weighted by atomic mass is 10.2. The molecule has 0 spiro atoms. The van der Waals surface area contributed by atoms with Gasteiger partial charge < -0.3 is 20.3 Å². The van der Waals surface area contributed by atoms with Crippen LogP contribution in [0.15, 0.2) is 71.8 Å². The lowest BCUT2D eigenvalue weighted by Gasteiger charge is -2.15.